The molecule has 1 fully saturated rings. The summed E-state index contributed by atoms with van der Waals surface area (Å²) in [7, 11) is 1.57. The molecule has 98 valence electrons. The first-order valence-corrected chi connectivity index (χ1v) is 6.32. The molecule has 0 amide bonds. The van der Waals surface area contributed by atoms with Crippen LogP contribution < -0.4 is 10.1 Å². The van der Waals surface area contributed by atoms with Gasteiger partial charge in [0.2, 0.25) is 0 Å². The summed E-state index contributed by atoms with van der Waals surface area (Å²) >= 11 is 5.97. The topological polar surface area (TPSA) is 58.6 Å². The maximum Gasteiger partial charge on any atom is 0.320 e. The second-order valence-corrected chi connectivity index (χ2v) is 4.84. The number of methoxy groups -OCH3 is 1. The van der Waals surface area contributed by atoms with Crippen molar-refractivity contribution in [2.75, 3.05) is 7.11 Å². The van der Waals surface area contributed by atoms with Gasteiger partial charge in [-0.1, -0.05) is 17.7 Å². The minimum Gasteiger partial charge on any atom is -0.495 e. The van der Waals surface area contributed by atoms with Crippen LogP contribution in [0.15, 0.2) is 18.2 Å². The van der Waals surface area contributed by atoms with E-state index in [-0.39, 0.29) is 6.04 Å². The second kappa shape index (κ2) is 5.59. The molecule has 2 rings (SSSR count). The monoisotopic (exact) mass is 269 g/mol. The highest BCUT2D eigenvalue weighted by atomic mass is 35.5. The number of hydrogen-bond acceptors (Lipinski definition) is 3. The van der Waals surface area contributed by atoms with Crippen LogP contribution in [0.1, 0.15) is 30.9 Å². The number of piperidine rings is 1. The second-order valence-electron chi connectivity index (χ2n) is 4.43. The minimum absolute atomic E-state index is 0.0472. The molecule has 18 heavy (non-hydrogen) atoms. The summed E-state index contributed by atoms with van der Waals surface area (Å²) in [5.41, 5.74) is 1.02. The Morgan fingerprint density at radius 3 is 2.94 bits per heavy atom. The van der Waals surface area contributed by atoms with Gasteiger partial charge in [-0.2, -0.15) is 0 Å². The molecule has 1 aliphatic rings. The fraction of sp³-hybridized carbons (Fsp3) is 0.462. The standard InChI is InChI=1S/C13H16ClNO3/c1-18-12-7-8(5-6-9(12)14)10-3-2-4-11(15-10)13(16)17/h5-7,10-11,15H,2-4H2,1H3,(H,16,17). The van der Waals surface area contributed by atoms with Gasteiger partial charge in [0.15, 0.2) is 0 Å². The third-order valence-electron chi connectivity index (χ3n) is 3.26. The molecule has 0 aromatic heterocycles. The van der Waals surface area contributed by atoms with E-state index in [1.54, 1.807) is 13.2 Å². The Morgan fingerprint density at radius 1 is 1.50 bits per heavy atom. The van der Waals surface area contributed by atoms with Gasteiger partial charge in [0.25, 0.3) is 0 Å². The van der Waals surface area contributed by atoms with Crippen LogP contribution in [-0.4, -0.2) is 24.2 Å². The van der Waals surface area contributed by atoms with Crippen molar-refractivity contribution in [3.63, 3.8) is 0 Å². The van der Waals surface area contributed by atoms with Gasteiger partial charge in [-0.05, 0) is 37.0 Å². The third kappa shape index (κ3) is 2.76. The third-order valence-corrected chi connectivity index (χ3v) is 3.58. The van der Waals surface area contributed by atoms with Crippen molar-refractivity contribution in [2.24, 2.45) is 0 Å². The van der Waals surface area contributed by atoms with Gasteiger partial charge in [0.05, 0.1) is 12.1 Å². The number of hydrogen-bond donors (Lipinski definition) is 2. The van der Waals surface area contributed by atoms with E-state index in [0.717, 1.165) is 18.4 Å². The molecule has 1 heterocycles. The normalized spacial score (nSPS) is 23.7. The Labute approximate surface area is 111 Å². The number of carboxylic acids is 1. The van der Waals surface area contributed by atoms with Crippen LogP contribution in [0.4, 0.5) is 0 Å². The number of benzene rings is 1. The summed E-state index contributed by atoms with van der Waals surface area (Å²) in [6.45, 7) is 0. The molecule has 5 heteroatoms. The van der Waals surface area contributed by atoms with Gasteiger partial charge >= 0.3 is 5.97 Å². The molecule has 2 N–H and O–H groups in total. The van der Waals surface area contributed by atoms with Gasteiger partial charge < -0.3 is 9.84 Å². The van der Waals surface area contributed by atoms with Gasteiger partial charge in [0, 0.05) is 6.04 Å². The summed E-state index contributed by atoms with van der Waals surface area (Å²) in [5.74, 6) is -0.172. The van der Waals surface area contributed by atoms with Crippen molar-refractivity contribution in [3.05, 3.63) is 28.8 Å². The Bertz CT molecular complexity index is 450. The quantitative estimate of drug-likeness (QED) is 0.886. The predicted molar refractivity (Wildman–Crippen MR) is 69.2 cm³/mol. The summed E-state index contributed by atoms with van der Waals surface area (Å²) in [5, 5.41) is 12.7. The van der Waals surface area contributed by atoms with Crippen LogP contribution in [0.2, 0.25) is 5.02 Å². The maximum atomic E-state index is 11.0. The lowest BCUT2D eigenvalue weighted by Gasteiger charge is -2.29. The van der Waals surface area contributed by atoms with E-state index in [0.29, 0.717) is 17.2 Å². The fourth-order valence-electron chi connectivity index (χ4n) is 2.29. The first kappa shape index (κ1) is 13.2. The van der Waals surface area contributed by atoms with Crippen molar-refractivity contribution < 1.29 is 14.6 Å². The number of carbonyl (C=O) groups is 1. The largest absolute Gasteiger partial charge is 0.495 e. The average molecular weight is 270 g/mol. The van der Waals surface area contributed by atoms with Crippen molar-refractivity contribution in [3.8, 4) is 5.75 Å². The Balaban J connectivity index is 2.18. The highest BCUT2D eigenvalue weighted by molar-refractivity contribution is 6.32. The zero-order chi connectivity index (χ0) is 13.1. The predicted octanol–water partition coefficient (Wildman–Crippen LogP) is 2.62. The van der Waals surface area contributed by atoms with Gasteiger partial charge in [-0.25, -0.2) is 0 Å². The van der Waals surface area contributed by atoms with Gasteiger partial charge in [0.1, 0.15) is 11.8 Å². The molecular weight excluding hydrogens is 254 g/mol. The molecule has 0 aliphatic carbocycles. The molecule has 1 aromatic carbocycles. The molecule has 2 atom stereocenters. The van der Waals surface area contributed by atoms with Gasteiger partial charge in [-0.3, -0.25) is 10.1 Å². The zero-order valence-corrected chi connectivity index (χ0v) is 10.9. The number of carboxylic acid groups (broad SMARTS) is 1. The minimum atomic E-state index is -0.791. The molecule has 4 nitrogen and oxygen atoms in total. The average Bonchev–Trinajstić information content (AvgIpc) is 2.39. The van der Waals surface area contributed by atoms with Gasteiger partial charge in [-0.15, -0.1) is 0 Å². The molecule has 0 spiro atoms. The first-order valence-electron chi connectivity index (χ1n) is 5.94. The summed E-state index contributed by atoms with van der Waals surface area (Å²) in [6.07, 6.45) is 2.50. The molecule has 0 radical (unpaired) electrons. The summed E-state index contributed by atoms with van der Waals surface area (Å²) in [6, 6.07) is 5.13. The molecule has 2 unspecified atom stereocenters. The molecule has 0 saturated carbocycles. The lowest BCUT2D eigenvalue weighted by molar-refractivity contribution is -0.140. The van der Waals surface area contributed by atoms with Crippen molar-refractivity contribution in [2.45, 2.75) is 31.3 Å². The Hall–Kier alpha value is -1.26. The van der Waals surface area contributed by atoms with E-state index in [1.807, 2.05) is 12.1 Å². The Morgan fingerprint density at radius 2 is 2.28 bits per heavy atom. The number of aliphatic carboxylic acids is 1. The van der Waals surface area contributed by atoms with E-state index in [9.17, 15) is 4.79 Å². The van der Waals surface area contributed by atoms with Crippen molar-refractivity contribution in [1.82, 2.24) is 5.32 Å². The van der Waals surface area contributed by atoms with Crippen LogP contribution in [0.3, 0.4) is 0 Å². The molecule has 1 aromatic rings. The molecule has 1 saturated heterocycles. The number of ether oxygens (including phenoxy) is 1. The van der Waals surface area contributed by atoms with E-state index >= 15 is 0 Å². The Kier molecular flexibility index (Phi) is 4.09. The summed E-state index contributed by atoms with van der Waals surface area (Å²) < 4.78 is 5.17. The smallest absolute Gasteiger partial charge is 0.320 e. The van der Waals surface area contributed by atoms with Crippen LogP contribution in [-0.2, 0) is 4.79 Å². The highest BCUT2D eigenvalue weighted by Gasteiger charge is 2.27. The van der Waals surface area contributed by atoms with Crippen LogP contribution in [0.5, 0.6) is 5.75 Å². The van der Waals surface area contributed by atoms with E-state index in [2.05, 4.69) is 5.32 Å². The molecule has 0 bridgehead atoms. The van der Waals surface area contributed by atoms with Crippen molar-refractivity contribution in [1.29, 1.82) is 0 Å². The SMILES string of the molecule is COc1cc(C2CCCC(C(=O)O)N2)ccc1Cl. The molecular formula is C13H16ClNO3. The van der Waals surface area contributed by atoms with Crippen LogP contribution >= 0.6 is 11.6 Å². The molecule has 1 aliphatic heterocycles. The first-order chi connectivity index (χ1) is 8.61. The summed E-state index contributed by atoms with van der Waals surface area (Å²) in [4.78, 5) is 11.0. The highest BCUT2D eigenvalue weighted by Crippen LogP contribution is 2.31. The zero-order valence-electron chi connectivity index (χ0n) is 10.1. The number of nitrogens with one attached hydrogen (secondary N) is 1. The van der Waals surface area contributed by atoms with Crippen LogP contribution in [0, 0.1) is 0 Å². The van der Waals surface area contributed by atoms with E-state index in [4.69, 9.17) is 21.4 Å². The van der Waals surface area contributed by atoms with Crippen LogP contribution in [0.25, 0.3) is 0 Å². The fourth-order valence-corrected chi connectivity index (χ4v) is 2.48. The number of halogens is 1. The number of rotatable bonds is 3. The van der Waals surface area contributed by atoms with Crippen molar-refractivity contribution >= 4 is 17.6 Å². The van der Waals surface area contributed by atoms with E-state index in [1.165, 1.54) is 0 Å². The lowest BCUT2D eigenvalue weighted by atomic mass is 9.93. The van der Waals surface area contributed by atoms with E-state index < -0.39 is 12.0 Å². The lowest BCUT2D eigenvalue weighted by Crippen LogP contribution is -2.42. The maximum absolute atomic E-state index is 11.0.